The number of rotatable bonds is 8. The van der Waals surface area contributed by atoms with Gasteiger partial charge in [-0.1, -0.05) is 61.5 Å². The van der Waals surface area contributed by atoms with Crippen molar-refractivity contribution in [3.63, 3.8) is 0 Å². The molecular formula is C24H27ClO6P2S. The first-order chi connectivity index (χ1) is 16.1. The number of carbonyl (C=O) groups excluding carboxylic acids is 2. The van der Waals surface area contributed by atoms with E-state index in [2.05, 4.69) is 22.4 Å². The van der Waals surface area contributed by atoms with Crippen molar-refractivity contribution in [2.45, 2.75) is 38.0 Å². The first-order valence-electron chi connectivity index (χ1n) is 10.9. The zero-order valence-electron chi connectivity index (χ0n) is 19.0. The van der Waals surface area contributed by atoms with Crippen molar-refractivity contribution in [3.05, 3.63) is 64.7 Å². The van der Waals surface area contributed by atoms with Gasteiger partial charge >= 0.3 is 0 Å². The lowest BCUT2D eigenvalue weighted by atomic mass is 9.97. The van der Waals surface area contributed by atoms with Gasteiger partial charge in [-0.25, -0.2) is 0 Å². The van der Waals surface area contributed by atoms with Crippen molar-refractivity contribution in [2.75, 3.05) is 19.8 Å². The zero-order chi connectivity index (χ0) is 24.3. The molecule has 2 heterocycles. The maximum absolute atomic E-state index is 11.9. The lowest BCUT2D eigenvalue weighted by molar-refractivity contribution is -0.121. The number of hydrogen-bond donors (Lipinski definition) is 0. The highest BCUT2D eigenvalue weighted by Gasteiger charge is 2.35. The van der Waals surface area contributed by atoms with Gasteiger partial charge < -0.3 is 18.3 Å². The molecule has 0 bridgehead atoms. The van der Waals surface area contributed by atoms with Crippen LogP contribution in [-0.2, 0) is 29.6 Å². The summed E-state index contributed by atoms with van der Waals surface area (Å²) in [4.78, 5) is 23.4. The van der Waals surface area contributed by atoms with Gasteiger partial charge in [-0.15, -0.1) is 0 Å². The second-order valence-electron chi connectivity index (χ2n) is 9.14. The Morgan fingerprint density at radius 2 is 1.88 bits per heavy atom. The fourth-order valence-electron chi connectivity index (χ4n) is 3.51. The zero-order valence-corrected chi connectivity index (χ0v) is 22.5. The van der Waals surface area contributed by atoms with Crippen molar-refractivity contribution in [1.29, 1.82) is 0 Å². The van der Waals surface area contributed by atoms with E-state index in [-0.39, 0.29) is 34.6 Å². The normalized spacial score (nSPS) is 22.5. The van der Waals surface area contributed by atoms with E-state index in [0.29, 0.717) is 30.4 Å². The van der Waals surface area contributed by atoms with Gasteiger partial charge in [0.1, 0.15) is 18.5 Å². The molecule has 2 aromatic carbocycles. The van der Waals surface area contributed by atoms with Crippen LogP contribution in [0, 0.1) is 5.41 Å². The predicted molar refractivity (Wildman–Crippen MR) is 138 cm³/mol. The molecule has 2 aliphatic rings. The van der Waals surface area contributed by atoms with Crippen LogP contribution in [0.4, 0.5) is 0 Å². The lowest BCUT2D eigenvalue weighted by Gasteiger charge is -2.38. The topological polar surface area (TPSA) is 71.1 Å². The summed E-state index contributed by atoms with van der Waals surface area (Å²) >= 11 is 7.35. The summed E-state index contributed by atoms with van der Waals surface area (Å²) in [6.07, 6.45) is 0.0821. The van der Waals surface area contributed by atoms with Crippen LogP contribution in [-0.4, -0.2) is 36.0 Å². The number of ether oxygens (including phenoxy) is 1. The molecule has 2 saturated heterocycles. The third-order valence-corrected chi connectivity index (χ3v) is 9.35. The first-order valence-corrected chi connectivity index (χ1v) is 15.1. The standard InChI is InChI=1S/C24H27ClO6P2S/c1-24(2)14-29-33(32,30-15-24)31-21(17-4-3-5-18(25)11-17)13-28-19-8-6-16(7-9-19)10-22-20(26)12-23(27)34-22/h3-9,11,21-22,32H,10,12-15H2,1-2H3. The molecule has 2 aromatic rings. The molecule has 0 radical (unpaired) electrons. The van der Waals surface area contributed by atoms with Gasteiger partial charge in [-0.2, -0.15) is 0 Å². The van der Waals surface area contributed by atoms with Crippen LogP contribution in [0.2, 0.25) is 5.02 Å². The minimum atomic E-state index is -2.72. The largest absolute Gasteiger partial charge is 0.491 e. The average Bonchev–Trinajstić information content (AvgIpc) is 3.11. The minimum Gasteiger partial charge on any atom is -0.491 e. The Balaban J connectivity index is 1.42. The van der Waals surface area contributed by atoms with Crippen LogP contribution in [0.3, 0.4) is 0 Å². The molecule has 182 valence electrons. The number of benzene rings is 2. The summed E-state index contributed by atoms with van der Waals surface area (Å²) in [6.45, 7) is 5.39. The molecule has 2 atom stereocenters. The molecule has 0 spiro atoms. The summed E-state index contributed by atoms with van der Waals surface area (Å²) in [7, 11) is 0.898. The summed E-state index contributed by atoms with van der Waals surface area (Å²) in [5.41, 5.74) is 1.74. The van der Waals surface area contributed by atoms with E-state index in [0.717, 1.165) is 22.9 Å². The Hall–Kier alpha value is -1.17. The quantitative estimate of drug-likeness (QED) is 0.279. The molecular weight excluding hydrogens is 514 g/mol. The van der Waals surface area contributed by atoms with Crippen LogP contribution in [0.5, 0.6) is 5.75 Å². The molecule has 4 rings (SSSR count). The highest BCUT2D eigenvalue weighted by molar-refractivity contribution is 8.15. The fourth-order valence-corrected chi connectivity index (χ4v) is 7.26. The smallest absolute Gasteiger partial charge is 0.277 e. The van der Waals surface area contributed by atoms with Gasteiger partial charge in [0, 0.05) is 10.4 Å². The molecule has 0 N–H and O–H groups in total. The molecule has 0 amide bonds. The van der Waals surface area contributed by atoms with E-state index >= 15 is 0 Å². The Morgan fingerprint density at radius 1 is 1.18 bits per heavy atom. The number of ketones is 1. The average molecular weight is 541 g/mol. The lowest BCUT2D eigenvalue weighted by Crippen LogP contribution is -2.30. The molecule has 6 nitrogen and oxygen atoms in total. The van der Waals surface area contributed by atoms with Crippen LogP contribution < -0.4 is 4.74 Å². The molecule has 0 aromatic heterocycles. The number of halogens is 1. The Labute approximate surface area is 211 Å². The third kappa shape index (κ3) is 6.95. The van der Waals surface area contributed by atoms with Gasteiger partial charge in [0.15, 0.2) is 10.9 Å². The number of thioether (sulfide) groups is 1. The van der Waals surface area contributed by atoms with Crippen molar-refractivity contribution in [3.8, 4) is 5.75 Å². The molecule has 2 unspecified atom stereocenters. The van der Waals surface area contributed by atoms with Gasteiger partial charge in [-0.05, 0) is 50.3 Å². The van der Waals surface area contributed by atoms with Gasteiger partial charge in [0.05, 0.1) is 24.9 Å². The predicted octanol–water partition coefficient (Wildman–Crippen LogP) is 6.51. The Bertz CT molecular complexity index is 1090. The van der Waals surface area contributed by atoms with Crippen molar-refractivity contribution in [2.24, 2.45) is 5.41 Å². The van der Waals surface area contributed by atoms with Gasteiger partial charge in [0.25, 0.3) is 7.23 Å². The highest BCUT2D eigenvalue weighted by atomic mass is 35.5. The van der Waals surface area contributed by atoms with Crippen LogP contribution >= 0.6 is 39.1 Å². The molecule has 34 heavy (non-hydrogen) atoms. The van der Waals surface area contributed by atoms with E-state index in [9.17, 15) is 9.59 Å². The highest BCUT2D eigenvalue weighted by Crippen LogP contribution is 2.61. The van der Waals surface area contributed by atoms with Gasteiger partial charge in [0.2, 0.25) is 0 Å². The van der Waals surface area contributed by atoms with E-state index < -0.39 is 13.3 Å². The van der Waals surface area contributed by atoms with Gasteiger partial charge in [-0.3, -0.25) is 9.59 Å². The summed E-state index contributed by atoms with van der Waals surface area (Å²) in [6, 6.07) is 15.0. The van der Waals surface area contributed by atoms with Crippen LogP contribution in [0.15, 0.2) is 48.5 Å². The van der Waals surface area contributed by atoms with Crippen molar-refractivity contribution < 1.29 is 27.9 Å². The van der Waals surface area contributed by atoms with Crippen molar-refractivity contribution in [1.82, 2.24) is 0 Å². The monoisotopic (exact) mass is 540 g/mol. The van der Waals surface area contributed by atoms with Crippen LogP contribution in [0.1, 0.15) is 37.5 Å². The second kappa shape index (κ2) is 10.8. The molecule has 0 aliphatic carbocycles. The summed E-state index contributed by atoms with van der Waals surface area (Å²) in [5.74, 6) is 0.660. The SMILES string of the molecule is CC1(C)COP(=P)(OC(COc2ccc(CC3SC(=O)CC3=O)cc2)c2cccc(Cl)c2)OC1. The van der Waals surface area contributed by atoms with E-state index in [4.69, 9.17) is 29.9 Å². The van der Waals surface area contributed by atoms with Crippen molar-refractivity contribution >= 4 is 50.0 Å². The number of Topliss-reactive ketones (excluding diaryl/α,β-unsaturated/α-hetero) is 1. The Kier molecular flexibility index (Phi) is 8.26. The second-order valence-corrected chi connectivity index (χ2v) is 14.2. The minimum absolute atomic E-state index is 0.000709. The van der Waals surface area contributed by atoms with E-state index in [1.165, 1.54) is 0 Å². The fraction of sp³-hybridized carbons (Fsp3) is 0.417. The molecule has 0 saturated carbocycles. The molecule has 2 fully saturated rings. The number of hydrogen-bond acceptors (Lipinski definition) is 7. The van der Waals surface area contributed by atoms with Crippen LogP contribution in [0.25, 0.3) is 0 Å². The first kappa shape index (κ1) is 25.9. The molecule has 10 heteroatoms. The number of carbonyl (C=O) groups is 2. The summed E-state index contributed by atoms with van der Waals surface area (Å²) < 4.78 is 24.2. The maximum atomic E-state index is 11.9. The third-order valence-electron chi connectivity index (χ3n) is 5.43. The van der Waals surface area contributed by atoms with E-state index in [1.807, 2.05) is 42.5 Å². The molecule has 2 aliphatic heterocycles. The Morgan fingerprint density at radius 3 is 2.50 bits per heavy atom. The van der Waals surface area contributed by atoms with E-state index in [1.54, 1.807) is 6.07 Å². The maximum Gasteiger partial charge on any atom is 0.277 e. The summed E-state index contributed by atoms with van der Waals surface area (Å²) in [5, 5.41) is 0.254.